The molecule has 0 spiro atoms. The van der Waals surface area contributed by atoms with Gasteiger partial charge in [0, 0.05) is 5.39 Å². The molecule has 4 aliphatic rings. The second-order valence-corrected chi connectivity index (χ2v) is 10.6. The lowest BCUT2D eigenvalue weighted by Gasteiger charge is -2.57. The third kappa shape index (κ3) is 4.36. The molecule has 1 atom stereocenters. The average Bonchev–Trinajstić information content (AvgIpc) is 2.80. The van der Waals surface area contributed by atoms with E-state index in [0.717, 1.165) is 41.5 Å². The van der Waals surface area contributed by atoms with E-state index in [1.807, 2.05) is 18.2 Å². The van der Waals surface area contributed by atoms with Crippen LogP contribution in [-0.2, 0) is 10.2 Å². The number of nitrogens with two attached hydrogens (primary N) is 2. The van der Waals surface area contributed by atoms with Gasteiger partial charge in [-0.2, -0.15) is 0 Å². The Balaban J connectivity index is 1.38. The highest BCUT2D eigenvalue weighted by molar-refractivity contribution is 5.97. The largest absolute Gasteiger partial charge is 0.330 e. The highest BCUT2D eigenvalue weighted by Crippen LogP contribution is 2.61. The van der Waals surface area contributed by atoms with Crippen LogP contribution < -0.4 is 22.3 Å². The number of aromatic nitrogens is 1. The van der Waals surface area contributed by atoms with Crippen LogP contribution in [0.25, 0.3) is 10.9 Å². The third-order valence-corrected chi connectivity index (χ3v) is 8.16. The Morgan fingerprint density at radius 3 is 2.36 bits per heavy atom. The summed E-state index contributed by atoms with van der Waals surface area (Å²) >= 11 is 0. The maximum Gasteiger partial charge on any atom is 0.288 e. The standard InChI is InChI=1S/C26H35N5O2/c27-8-4-3-6-21(28)24(32)30-31-25(33)23-12-20(19-5-1-2-7-22(19)29-23)26-13-16-9-17(14-26)11-18(10-16)15-26/h1-2,5,7,12,16-18,21H,3-4,6,8-11,13-15,27-28H2,(H,30,32)(H,31,33)/t16?,17?,18?,21-,26?/m1/s1. The number of benzene rings is 1. The van der Waals surface area contributed by atoms with Crippen LogP contribution in [-0.4, -0.2) is 29.4 Å². The molecule has 0 radical (unpaired) electrons. The van der Waals surface area contributed by atoms with Crippen molar-refractivity contribution in [2.45, 2.75) is 69.2 Å². The Morgan fingerprint density at radius 2 is 1.70 bits per heavy atom. The minimum absolute atomic E-state index is 0.140. The number of amides is 2. The first-order chi connectivity index (χ1) is 16.0. The molecule has 33 heavy (non-hydrogen) atoms. The van der Waals surface area contributed by atoms with Crippen LogP contribution in [0.15, 0.2) is 30.3 Å². The molecular formula is C26H35N5O2. The third-order valence-electron chi connectivity index (χ3n) is 8.16. The molecule has 2 aromatic rings. The van der Waals surface area contributed by atoms with Gasteiger partial charge in [0.05, 0.1) is 11.6 Å². The minimum Gasteiger partial charge on any atom is -0.330 e. The van der Waals surface area contributed by atoms with Crippen molar-refractivity contribution in [2.24, 2.45) is 29.2 Å². The van der Waals surface area contributed by atoms with Gasteiger partial charge in [0.1, 0.15) is 5.69 Å². The molecule has 4 aliphatic carbocycles. The van der Waals surface area contributed by atoms with Crippen molar-refractivity contribution < 1.29 is 9.59 Å². The van der Waals surface area contributed by atoms with Crippen LogP contribution in [0.1, 0.15) is 73.8 Å². The van der Waals surface area contributed by atoms with Crippen molar-refractivity contribution in [1.82, 2.24) is 15.8 Å². The Bertz CT molecular complexity index is 1020. The molecule has 1 aromatic heterocycles. The molecule has 7 heteroatoms. The number of fused-ring (bicyclic) bond motifs is 1. The van der Waals surface area contributed by atoms with Gasteiger partial charge in [0.15, 0.2) is 0 Å². The number of rotatable bonds is 7. The zero-order chi connectivity index (χ0) is 23.0. The number of hydrazine groups is 1. The summed E-state index contributed by atoms with van der Waals surface area (Å²) in [7, 11) is 0. The van der Waals surface area contributed by atoms with Crippen molar-refractivity contribution in [2.75, 3.05) is 6.54 Å². The second kappa shape index (κ2) is 9.03. The number of pyridine rings is 1. The van der Waals surface area contributed by atoms with E-state index < -0.39 is 17.9 Å². The fourth-order valence-electron chi connectivity index (χ4n) is 7.09. The molecule has 0 unspecified atom stereocenters. The fraction of sp³-hybridized carbons (Fsp3) is 0.577. The average molecular weight is 450 g/mol. The van der Waals surface area contributed by atoms with Gasteiger partial charge in [-0.05, 0) is 98.8 Å². The van der Waals surface area contributed by atoms with E-state index in [9.17, 15) is 9.59 Å². The summed E-state index contributed by atoms with van der Waals surface area (Å²) in [5, 5.41) is 1.15. The molecule has 1 heterocycles. The number of carbonyl (C=O) groups excluding carboxylic acids is 2. The molecule has 7 nitrogen and oxygen atoms in total. The van der Waals surface area contributed by atoms with Crippen molar-refractivity contribution in [1.29, 1.82) is 0 Å². The summed E-state index contributed by atoms with van der Waals surface area (Å²) in [4.78, 5) is 29.9. The van der Waals surface area contributed by atoms with Gasteiger partial charge in [-0.1, -0.05) is 24.6 Å². The zero-order valence-corrected chi connectivity index (χ0v) is 19.2. The van der Waals surface area contributed by atoms with E-state index in [1.54, 1.807) is 0 Å². The predicted octanol–water partition coefficient (Wildman–Crippen LogP) is 2.92. The Hall–Kier alpha value is -2.51. The normalized spacial score (nSPS) is 28.6. The first-order valence-electron chi connectivity index (χ1n) is 12.4. The topological polar surface area (TPSA) is 123 Å². The lowest BCUT2D eigenvalue weighted by Crippen LogP contribution is -2.50. The van der Waals surface area contributed by atoms with E-state index in [1.165, 1.54) is 44.1 Å². The summed E-state index contributed by atoms with van der Waals surface area (Å²) in [5.41, 5.74) is 19.0. The summed E-state index contributed by atoms with van der Waals surface area (Å²) in [5.74, 6) is 1.61. The zero-order valence-electron chi connectivity index (χ0n) is 19.2. The number of para-hydroxylation sites is 1. The molecule has 6 N–H and O–H groups in total. The van der Waals surface area contributed by atoms with E-state index in [4.69, 9.17) is 11.5 Å². The van der Waals surface area contributed by atoms with Crippen LogP contribution in [0.2, 0.25) is 0 Å². The minimum atomic E-state index is -0.677. The maximum absolute atomic E-state index is 13.0. The molecule has 0 aliphatic heterocycles. The van der Waals surface area contributed by atoms with Gasteiger partial charge in [0.2, 0.25) is 0 Å². The number of hydrogen-bond acceptors (Lipinski definition) is 5. The molecule has 0 saturated heterocycles. The number of nitrogens with one attached hydrogen (secondary N) is 2. The molecule has 6 rings (SSSR count). The Morgan fingerprint density at radius 1 is 1.03 bits per heavy atom. The Labute approximate surface area is 195 Å². The molecule has 2 amide bonds. The van der Waals surface area contributed by atoms with Gasteiger partial charge in [-0.15, -0.1) is 0 Å². The number of unbranched alkanes of at least 4 members (excludes halogenated alkanes) is 1. The Kier molecular flexibility index (Phi) is 6.10. The summed E-state index contributed by atoms with van der Waals surface area (Å²) in [6, 6.07) is 9.44. The number of hydrogen-bond donors (Lipinski definition) is 4. The van der Waals surface area contributed by atoms with Gasteiger partial charge in [0.25, 0.3) is 11.8 Å². The van der Waals surface area contributed by atoms with Crippen molar-refractivity contribution in [3.8, 4) is 0 Å². The summed E-state index contributed by atoms with van der Waals surface area (Å²) < 4.78 is 0. The van der Waals surface area contributed by atoms with E-state index >= 15 is 0 Å². The molecule has 176 valence electrons. The van der Waals surface area contributed by atoms with E-state index in [-0.39, 0.29) is 5.41 Å². The van der Waals surface area contributed by atoms with Crippen molar-refractivity contribution >= 4 is 22.7 Å². The summed E-state index contributed by atoms with van der Waals surface area (Å²) in [6.07, 6.45) is 9.87. The smallest absolute Gasteiger partial charge is 0.288 e. The van der Waals surface area contributed by atoms with Crippen LogP contribution in [0.3, 0.4) is 0 Å². The van der Waals surface area contributed by atoms with Gasteiger partial charge in [-0.3, -0.25) is 20.4 Å². The van der Waals surface area contributed by atoms with Crippen LogP contribution in [0.4, 0.5) is 0 Å². The van der Waals surface area contributed by atoms with Gasteiger partial charge in [-0.25, -0.2) is 4.98 Å². The lowest BCUT2D eigenvalue weighted by molar-refractivity contribution is -0.123. The second-order valence-electron chi connectivity index (χ2n) is 10.6. The van der Waals surface area contributed by atoms with Crippen molar-refractivity contribution in [3.63, 3.8) is 0 Å². The molecule has 1 aromatic carbocycles. The number of carbonyl (C=O) groups is 2. The van der Waals surface area contributed by atoms with Gasteiger partial charge < -0.3 is 11.5 Å². The lowest BCUT2D eigenvalue weighted by atomic mass is 9.48. The van der Waals surface area contributed by atoms with E-state index in [0.29, 0.717) is 18.7 Å². The highest BCUT2D eigenvalue weighted by Gasteiger charge is 2.52. The quantitative estimate of drug-likeness (QED) is 0.382. The molecule has 4 fully saturated rings. The highest BCUT2D eigenvalue weighted by atomic mass is 16.2. The first-order valence-corrected chi connectivity index (χ1v) is 12.4. The molecular weight excluding hydrogens is 414 g/mol. The van der Waals surface area contributed by atoms with Gasteiger partial charge >= 0.3 is 0 Å². The van der Waals surface area contributed by atoms with Crippen LogP contribution in [0, 0.1) is 17.8 Å². The summed E-state index contributed by atoms with van der Waals surface area (Å²) in [6.45, 7) is 0.574. The van der Waals surface area contributed by atoms with Crippen molar-refractivity contribution in [3.05, 3.63) is 41.6 Å². The van der Waals surface area contributed by atoms with E-state index in [2.05, 4.69) is 28.0 Å². The molecule has 4 saturated carbocycles. The van der Waals surface area contributed by atoms with Crippen LogP contribution in [0.5, 0.6) is 0 Å². The SMILES string of the molecule is NCCCC[C@@H](N)C(=O)NNC(=O)c1cc(C23CC4CC(CC(C4)C2)C3)c2ccccc2n1. The predicted molar refractivity (Wildman–Crippen MR) is 128 cm³/mol. The fourth-order valence-corrected chi connectivity index (χ4v) is 7.09. The molecule has 4 bridgehead atoms. The monoisotopic (exact) mass is 449 g/mol. The maximum atomic E-state index is 13.0. The van der Waals surface area contributed by atoms with Crippen LogP contribution >= 0.6 is 0 Å². The number of nitrogens with zero attached hydrogens (tertiary/aromatic N) is 1. The first kappa shape index (κ1) is 22.3.